The highest BCUT2D eigenvalue weighted by Gasteiger charge is 2.37. The molecule has 0 spiro atoms. The minimum Gasteiger partial charge on any atom is -0.477 e. The molecule has 98 valence electrons. The maximum Gasteiger partial charge on any atom is 0.352 e. The van der Waals surface area contributed by atoms with Gasteiger partial charge in [0, 0.05) is 24.3 Å². The summed E-state index contributed by atoms with van der Waals surface area (Å²) in [6.45, 7) is 0. The van der Waals surface area contributed by atoms with Crippen LogP contribution >= 0.6 is 0 Å². The van der Waals surface area contributed by atoms with Crippen molar-refractivity contribution in [1.82, 2.24) is 9.47 Å². The number of aromatic carboxylic acids is 1. The largest absolute Gasteiger partial charge is 0.477 e. The zero-order chi connectivity index (χ0) is 12.7. The predicted octanol–water partition coefficient (Wildman–Crippen LogP) is 2.37. The first-order chi connectivity index (χ1) is 8.66. The van der Waals surface area contributed by atoms with Gasteiger partial charge in [0.05, 0.1) is 0 Å². The third kappa shape index (κ3) is 1.85. The summed E-state index contributed by atoms with van der Waals surface area (Å²) in [4.78, 5) is 13.7. The van der Waals surface area contributed by atoms with Crippen molar-refractivity contribution in [3.05, 3.63) is 24.0 Å². The van der Waals surface area contributed by atoms with Gasteiger partial charge in [0.1, 0.15) is 5.69 Å². The molecule has 1 aromatic heterocycles. The smallest absolute Gasteiger partial charge is 0.352 e. The Morgan fingerprint density at radius 3 is 2.56 bits per heavy atom. The number of carboxylic acid groups (broad SMARTS) is 1. The van der Waals surface area contributed by atoms with Crippen molar-refractivity contribution >= 4 is 5.97 Å². The molecule has 2 fully saturated rings. The van der Waals surface area contributed by atoms with Crippen molar-refractivity contribution in [2.75, 3.05) is 7.05 Å². The summed E-state index contributed by atoms with van der Waals surface area (Å²) in [5, 5.41) is 9.21. The van der Waals surface area contributed by atoms with Gasteiger partial charge in [-0.15, -0.1) is 0 Å². The van der Waals surface area contributed by atoms with Crippen molar-refractivity contribution in [2.45, 2.75) is 50.2 Å². The quantitative estimate of drug-likeness (QED) is 0.874. The van der Waals surface area contributed by atoms with Crippen LogP contribution in [0, 0.1) is 0 Å². The van der Waals surface area contributed by atoms with Crippen LogP contribution in [0.25, 0.3) is 0 Å². The minimum absolute atomic E-state index is 0.359. The summed E-state index contributed by atoms with van der Waals surface area (Å²) in [5.41, 5.74) is 0.433. The van der Waals surface area contributed by atoms with Crippen LogP contribution in [-0.4, -0.2) is 39.7 Å². The lowest BCUT2D eigenvalue weighted by Gasteiger charge is -2.47. The second-order valence-electron chi connectivity index (χ2n) is 5.64. The highest BCUT2D eigenvalue weighted by atomic mass is 16.4. The second-order valence-corrected chi connectivity index (χ2v) is 5.64. The van der Waals surface area contributed by atoms with Crippen LogP contribution < -0.4 is 0 Å². The van der Waals surface area contributed by atoms with E-state index in [1.165, 1.54) is 19.3 Å². The number of carboxylic acids is 1. The van der Waals surface area contributed by atoms with Crippen molar-refractivity contribution in [1.29, 1.82) is 0 Å². The summed E-state index contributed by atoms with van der Waals surface area (Å²) in [5.74, 6) is -0.816. The van der Waals surface area contributed by atoms with Crippen molar-refractivity contribution in [3.8, 4) is 0 Å². The molecule has 2 aliphatic heterocycles. The van der Waals surface area contributed by atoms with Crippen LogP contribution in [0.1, 0.15) is 48.6 Å². The SMILES string of the molecule is CN1C2CCCC1CC(n1cccc1C(=O)O)C2. The van der Waals surface area contributed by atoms with E-state index >= 15 is 0 Å². The topological polar surface area (TPSA) is 45.5 Å². The van der Waals surface area contributed by atoms with E-state index in [1.807, 2.05) is 16.8 Å². The minimum atomic E-state index is -0.816. The third-order valence-electron chi connectivity index (χ3n) is 4.71. The summed E-state index contributed by atoms with van der Waals surface area (Å²) in [7, 11) is 2.22. The lowest BCUT2D eigenvalue weighted by atomic mass is 9.82. The molecule has 4 heteroatoms. The van der Waals surface area contributed by atoms with Gasteiger partial charge in [-0.1, -0.05) is 6.42 Å². The fraction of sp³-hybridized carbons (Fsp3) is 0.643. The van der Waals surface area contributed by atoms with Gasteiger partial charge < -0.3 is 14.6 Å². The van der Waals surface area contributed by atoms with E-state index in [2.05, 4.69) is 11.9 Å². The molecular weight excluding hydrogens is 228 g/mol. The van der Waals surface area contributed by atoms with E-state index in [0.29, 0.717) is 23.8 Å². The standard InChI is InChI=1S/C14H20N2O2/c1-15-10-4-2-5-11(15)9-12(8-10)16-7-3-6-13(16)14(17)18/h3,6-7,10-12H,2,4-5,8-9H2,1H3,(H,17,18). The summed E-state index contributed by atoms with van der Waals surface area (Å²) < 4.78 is 1.97. The maximum atomic E-state index is 11.2. The highest BCUT2D eigenvalue weighted by molar-refractivity contribution is 5.85. The molecule has 4 nitrogen and oxygen atoms in total. The normalized spacial score (nSPS) is 32.4. The van der Waals surface area contributed by atoms with Crippen LogP contribution in [0.4, 0.5) is 0 Å². The first-order valence-corrected chi connectivity index (χ1v) is 6.79. The molecule has 1 aromatic rings. The Labute approximate surface area is 107 Å². The molecule has 2 unspecified atom stereocenters. The van der Waals surface area contributed by atoms with Gasteiger partial charge in [-0.3, -0.25) is 0 Å². The average Bonchev–Trinajstić information content (AvgIpc) is 2.77. The number of carbonyl (C=O) groups is 1. The van der Waals surface area contributed by atoms with Gasteiger partial charge in [0.2, 0.25) is 0 Å². The number of piperidine rings is 2. The fourth-order valence-electron chi connectivity index (χ4n) is 3.71. The molecule has 2 bridgehead atoms. The Bertz CT molecular complexity index is 440. The number of nitrogens with zero attached hydrogens (tertiary/aromatic N) is 2. The Balaban J connectivity index is 1.85. The van der Waals surface area contributed by atoms with E-state index in [-0.39, 0.29) is 0 Å². The molecule has 3 heterocycles. The molecular formula is C14H20N2O2. The van der Waals surface area contributed by atoms with Gasteiger partial charge in [-0.25, -0.2) is 4.79 Å². The Hall–Kier alpha value is -1.29. The highest BCUT2D eigenvalue weighted by Crippen LogP contribution is 2.38. The molecule has 0 aliphatic carbocycles. The average molecular weight is 248 g/mol. The molecule has 0 amide bonds. The first-order valence-electron chi connectivity index (χ1n) is 6.79. The Morgan fingerprint density at radius 1 is 1.28 bits per heavy atom. The van der Waals surface area contributed by atoms with Crippen LogP contribution in [-0.2, 0) is 0 Å². The molecule has 2 atom stereocenters. The number of hydrogen-bond donors (Lipinski definition) is 1. The van der Waals surface area contributed by atoms with E-state index in [9.17, 15) is 9.90 Å². The van der Waals surface area contributed by atoms with Gasteiger partial charge >= 0.3 is 5.97 Å². The number of hydrogen-bond acceptors (Lipinski definition) is 2. The Morgan fingerprint density at radius 2 is 1.94 bits per heavy atom. The zero-order valence-electron chi connectivity index (χ0n) is 10.7. The van der Waals surface area contributed by atoms with Gasteiger partial charge in [-0.2, -0.15) is 0 Å². The summed E-state index contributed by atoms with van der Waals surface area (Å²) in [6.07, 6.45) is 7.93. The monoisotopic (exact) mass is 248 g/mol. The zero-order valence-corrected chi connectivity index (χ0v) is 10.7. The van der Waals surface area contributed by atoms with Crippen LogP contribution in [0.2, 0.25) is 0 Å². The number of fused-ring (bicyclic) bond motifs is 2. The van der Waals surface area contributed by atoms with Crippen LogP contribution in [0.15, 0.2) is 18.3 Å². The molecule has 1 N–H and O–H groups in total. The molecule has 0 radical (unpaired) electrons. The van der Waals surface area contributed by atoms with Crippen molar-refractivity contribution in [3.63, 3.8) is 0 Å². The van der Waals surface area contributed by atoms with Crippen LogP contribution in [0.3, 0.4) is 0 Å². The molecule has 0 aromatic carbocycles. The van der Waals surface area contributed by atoms with Gasteiger partial charge in [0.25, 0.3) is 0 Å². The van der Waals surface area contributed by atoms with E-state index in [1.54, 1.807) is 6.07 Å². The van der Waals surface area contributed by atoms with E-state index in [0.717, 1.165) is 12.8 Å². The van der Waals surface area contributed by atoms with Gasteiger partial charge in [-0.05, 0) is 44.9 Å². The Kier molecular flexibility index (Phi) is 2.90. The van der Waals surface area contributed by atoms with Gasteiger partial charge in [0.15, 0.2) is 0 Å². The van der Waals surface area contributed by atoms with E-state index < -0.39 is 5.97 Å². The predicted molar refractivity (Wildman–Crippen MR) is 68.9 cm³/mol. The summed E-state index contributed by atoms with van der Waals surface area (Å²) >= 11 is 0. The third-order valence-corrected chi connectivity index (χ3v) is 4.71. The number of rotatable bonds is 2. The molecule has 18 heavy (non-hydrogen) atoms. The lowest BCUT2D eigenvalue weighted by Crippen LogP contribution is -2.50. The molecule has 2 aliphatic rings. The van der Waals surface area contributed by atoms with Crippen molar-refractivity contribution < 1.29 is 9.90 Å². The number of aromatic nitrogens is 1. The fourth-order valence-corrected chi connectivity index (χ4v) is 3.71. The second kappa shape index (κ2) is 4.43. The first kappa shape index (κ1) is 11.8. The maximum absolute atomic E-state index is 11.2. The molecule has 2 saturated heterocycles. The van der Waals surface area contributed by atoms with Crippen LogP contribution in [0.5, 0.6) is 0 Å². The van der Waals surface area contributed by atoms with E-state index in [4.69, 9.17) is 0 Å². The molecule has 3 rings (SSSR count). The lowest BCUT2D eigenvalue weighted by molar-refractivity contribution is 0.0380. The van der Waals surface area contributed by atoms with Crippen molar-refractivity contribution in [2.24, 2.45) is 0 Å². The molecule has 0 saturated carbocycles. The summed E-state index contributed by atoms with van der Waals surface area (Å²) in [6, 6.07) is 5.17.